The molecule has 1 fully saturated rings. The van der Waals surface area contributed by atoms with Crippen LogP contribution < -0.4 is 5.32 Å². The third-order valence-corrected chi connectivity index (χ3v) is 5.90. The number of aromatic nitrogens is 3. The SMILES string of the molecule is CN(C(=O)c1cnc(NCc2cccnc2)nc1)C1CCS(=O)(=O)C1. The Kier molecular flexibility index (Phi) is 4.93. The maximum Gasteiger partial charge on any atom is 0.257 e. The van der Waals surface area contributed by atoms with E-state index in [0.717, 1.165) is 5.56 Å². The predicted octanol–water partition coefficient (Wildman–Crippen LogP) is 0.743. The van der Waals surface area contributed by atoms with Gasteiger partial charge in [-0.3, -0.25) is 9.78 Å². The van der Waals surface area contributed by atoms with E-state index >= 15 is 0 Å². The topological polar surface area (TPSA) is 105 Å². The highest BCUT2D eigenvalue weighted by Crippen LogP contribution is 2.18. The second-order valence-corrected chi connectivity index (χ2v) is 8.21. The molecule has 0 aliphatic carbocycles. The Bertz CT molecular complexity index is 840. The van der Waals surface area contributed by atoms with Crippen molar-refractivity contribution in [1.29, 1.82) is 0 Å². The minimum Gasteiger partial charge on any atom is -0.350 e. The highest BCUT2D eigenvalue weighted by molar-refractivity contribution is 7.91. The van der Waals surface area contributed by atoms with Crippen molar-refractivity contribution >= 4 is 21.7 Å². The standard InChI is InChI=1S/C16H19N5O3S/c1-21(14-4-6-25(23,24)11-14)15(22)13-9-19-16(20-10-13)18-8-12-3-2-5-17-7-12/h2-3,5,7,9-10,14H,4,6,8,11H2,1H3,(H,18,19,20). The highest BCUT2D eigenvalue weighted by atomic mass is 32.2. The zero-order chi connectivity index (χ0) is 17.9. The van der Waals surface area contributed by atoms with E-state index in [2.05, 4.69) is 20.3 Å². The van der Waals surface area contributed by atoms with Crippen molar-refractivity contribution in [2.75, 3.05) is 23.9 Å². The van der Waals surface area contributed by atoms with E-state index in [1.54, 1.807) is 19.4 Å². The molecule has 1 N–H and O–H groups in total. The zero-order valence-corrected chi connectivity index (χ0v) is 14.6. The van der Waals surface area contributed by atoms with Crippen molar-refractivity contribution in [3.05, 3.63) is 48.0 Å². The van der Waals surface area contributed by atoms with Crippen LogP contribution in [0, 0.1) is 0 Å². The average molecular weight is 361 g/mol. The molecule has 8 nitrogen and oxygen atoms in total. The van der Waals surface area contributed by atoms with Crippen LogP contribution >= 0.6 is 0 Å². The molecule has 9 heteroatoms. The quantitative estimate of drug-likeness (QED) is 0.837. The molecular formula is C16H19N5O3S. The number of rotatable bonds is 5. The van der Waals surface area contributed by atoms with E-state index < -0.39 is 9.84 Å². The minimum absolute atomic E-state index is 0.0147. The Morgan fingerprint density at radius 2 is 2.08 bits per heavy atom. The fraction of sp³-hybridized carbons (Fsp3) is 0.375. The van der Waals surface area contributed by atoms with Gasteiger partial charge < -0.3 is 10.2 Å². The molecule has 1 amide bonds. The summed E-state index contributed by atoms with van der Waals surface area (Å²) in [7, 11) is -1.42. The summed E-state index contributed by atoms with van der Waals surface area (Å²) >= 11 is 0. The predicted molar refractivity (Wildman–Crippen MR) is 92.7 cm³/mol. The number of hydrogen-bond donors (Lipinski definition) is 1. The average Bonchev–Trinajstić information content (AvgIpc) is 3.00. The molecule has 1 aliphatic rings. The van der Waals surface area contributed by atoms with Gasteiger partial charge in [0.1, 0.15) is 0 Å². The van der Waals surface area contributed by atoms with Gasteiger partial charge in [0.25, 0.3) is 5.91 Å². The molecule has 1 unspecified atom stereocenters. The van der Waals surface area contributed by atoms with Crippen LogP contribution in [0.1, 0.15) is 22.3 Å². The third kappa shape index (κ3) is 4.30. The van der Waals surface area contributed by atoms with Gasteiger partial charge in [-0.1, -0.05) is 6.07 Å². The van der Waals surface area contributed by atoms with Gasteiger partial charge in [-0.25, -0.2) is 18.4 Å². The molecule has 1 aliphatic heterocycles. The number of carbonyl (C=O) groups is 1. The summed E-state index contributed by atoms with van der Waals surface area (Å²) in [5.41, 5.74) is 1.33. The number of pyridine rings is 1. The summed E-state index contributed by atoms with van der Waals surface area (Å²) in [6.07, 6.45) is 6.81. The second kappa shape index (κ2) is 7.14. The molecule has 1 atom stereocenters. The van der Waals surface area contributed by atoms with Gasteiger partial charge in [-0.2, -0.15) is 0 Å². The fourth-order valence-corrected chi connectivity index (χ4v) is 4.44. The highest BCUT2D eigenvalue weighted by Gasteiger charge is 2.33. The molecule has 3 rings (SSSR count). The molecule has 0 radical (unpaired) electrons. The van der Waals surface area contributed by atoms with E-state index in [1.165, 1.54) is 17.3 Å². The molecule has 132 valence electrons. The Hall–Kier alpha value is -2.55. The Balaban J connectivity index is 1.60. The Labute approximate surface area is 146 Å². The molecule has 3 heterocycles. The van der Waals surface area contributed by atoms with E-state index in [4.69, 9.17) is 0 Å². The summed E-state index contributed by atoms with van der Waals surface area (Å²) in [5, 5.41) is 3.06. The second-order valence-electron chi connectivity index (χ2n) is 5.98. The number of hydrogen-bond acceptors (Lipinski definition) is 7. The van der Waals surface area contributed by atoms with Crippen LogP contribution in [0.15, 0.2) is 36.9 Å². The van der Waals surface area contributed by atoms with Crippen molar-refractivity contribution < 1.29 is 13.2 Å². The number of nitrogens with one attached hydrogen (secondary N) is 1. The molecule has 2 aromatic rings. The van der Waals surface area contributed by atoms with Crippen molar-refractivity contribution in [3.63, 3.8) is 0 Å². The maximum absolute atomic E-state index is 12.5. The first kappa shape index (κ1) is 17.3. The van der Waals surface area contributed by atoms with Gasteiger partial charge in [0.05, 0.1) is 17.1 Å². The van der Waals surface area contributed by atoms with Gasteiger partial charge in [-0.15, -0.1) is 0 Å². The van der Waals surface area contributed by atoms with Crippen LogP contribution in [0.2, 0.25) is 0 Å². The van der Waals surface area contributed by atoms with Gasteiger partial charge in [0.2, 0.25) is 5.95 Å². The van der Waals surface area contributed by atoms with Crippen LogP contribution in [-0.2, 0) is 16.4 Å². The van der Waals surface area contributed by atoms with E-state index in [1.807, 2.05) is 12.1 Å². The lowest BCUT2D eigenvalue weighted by Crippen LogP contribution is -2.37. The molecule has 1 saturated heterocycles. The van der Waals surface area contributed by atoms with Crippen molar-refractivity contribution in [2.45, 2.75) is 19.0 Å². The summed E-state index contributed by atoms with van der Waals surface area (Å²) in [6.45, 7) is 0.529. The molecule has 0 aromatic carbocycles. The molecule has 0 saturated carbocycles. The van der Waals surface area contributed by atoms with Crippen molar-refractivity contribution in [3.8, 4) is 0 Å². The maximum atomic E-state index is 12.5. The molecule has 2 aromatic heterocycles. The number of amides is 1. The lowest BCUT2D eigenvalue weighted by atomic mass is 10.2. The molecular weight excluding hydrogens is 342 g/mol. The Morgan fingerprint density at radius 1 is 1.32 bits per heavy atom. The lowest BCUT2D eigenvalue weighted by molar-refractivity contribution is 0.0747. The molecule has 0 bridgehead atoms. The first-order valence-corrected chi connectivity index (χ1v) is 9.69. The van der Waals surface area contributed by atoms with Crippen LogP contribution in [-0.4, -0.2) is 58.8 Å². The van der Waals surface area contributed by atoms with Gasteiger partial charge >= 0.3 is 0 Å². The Morgan fingerprint density at radius 3 is 2.68 bits per heavy atom. The normalized spacial score (nSPS) is 18.7. The van der Waals surface area contributed by atoms with Gasteiger partial charge in [0, 0.05) is 44.4 Å². The zero-order valence-electron chi connectivity index (χ0n) is 13.8. The third-order valence-electron chi connectivity index (χ3n) is 4.15. The lowest BCUT2D eigenvalue weighted by Gasteiger charge is -2.23. The smallest absolute Gasteiger partial charge is 0.257 e. The summed E-state index contributed by atoms with van der Waals surface area (Å²) in [4.78, 5) is 26.2. The summed E-state index contributed by atoms with van der Waals surface area (Å²) < 4.78 is 23.1. The number of carbonyl (C=O) groups excluding carboxylic acids is 1. The van der Waals surface area contributed by atoms with Crippen LogP contribution in [0.25, 0.3) is 0 Å². The van der Waals surface area contributed by atoms with Crippen molar-refractivity contribution in [2.24, 2.45) is 0 Å². The monoisotopic (exact) mass is 361 g/mol. The number of nitrogens with zero attached hydrogens (tertiary/aromatic N) is 4. The first-order valence-electron chi connectivity index (χ1n) is 7.87. The van der Waals surface area contributed by atoms with E-state index in [0.29, 0.717) is 24.5 Å². The first-order chi connectivity index (χ1) is 11.9. The summed E-state index contributed by atoms with van der Waals surface area (Å²) in [5.74, 6) is 0.275. The number of anilines is 1. The molecule has 25 heavy (non-hydrogen) atoms. The summed E-state index contributed by atoms with van der Waals surface area (Å²) in [6, 6.07) is 3.49. The largest absolute Gasteiger partial charge is 0.350 e. The minimum atomic E-state index is -3.04. The molecule has 0 spiro atoms. The van der Waals surface area contributed by atoms with Gasteiger partial charge in [0.15, 0.2) is 9.84 Å². The van der Waals surface area contributed by atoms with E-state index in [-0.39, 0.29) is 23.5 Å². The number of sulfone groups is 1. The van der Waals surface area contributed by atoms with Gasteiger partial charge in [-0.05, 0) is 18.1 Å². The van der Waals surface area contributed by atoms with Crippen LogP contribution in [0.4, 0.5) is 5.95 Å². The van der Waals surface area contributed by atoms with Crippen molar-refractivity contribution in [1.82, 2.24) is 19.9 Å². The fourth-order valence-electron chi connectivity index (χ4n) is 2.66. The van der Waals surface area contributed by atoms with E-state index in [9.17, 15) is 13.2 Å². The van der Waals surface area contributed by atoms with Crippen LogP contribution in [0.3, 0.4) is 0 Å². The van der Waals surface area contributed by atoms with Crippen LogP contribution in [0.5, 0.6) is 0 Å².